The summed E-state index contributed by atoms with van der Waals surface area (Å²) in [5.74, 6) is 2.72. The van der Waals surface area contributed by atoms with E-state index in [0.717, 1.165) is 24.4 Å². The Kier molecular flexibility index (Phi) is 7.50. The van der Waals surface area contributed by atoms with Gasteiger partial charge in [0.15, 0.2) is 5.76 Å². The van der Waals surface area contributed by atoms with Gasteiger partial charge in [-0.3, -0.25) is 0 Å². The van der Waals surface area contributed by atoms with Crippen LogP contribution in [0.25, 0.3) is 11.3 Å². The number of ether oxygens (including phenoxy) is 3. The summed E-state index contributed by atoms with van der Waals surface area (Å²) in [4.78, 5) is 0. The molecule has 0 saturated heterocycles. The zero-order valence-electron chi connectivity index (χ0n) is 20.1. The highest BCUT2D eigenvalue weighted by Crippen LogP contribution is 2.37. The maximum atomic E-state index is 5.89. The van der Waals surface area contributed by atoms with Crippen molar-refractivity contribution in [2.75, 3.05) is 14.2 Å². The van der Waals surface area contributed by atoms with Crippen LogP contribution in [0.2, 0.25) is 0 Å². The molecule has 1 heterocycles. The Morgan fingerprint density at radius 3 is 2.09 bits per heavy atom. The van der Waals surface area contributed by atoms with Crippen molar-refractivity contribution >= 4 is 0 Å². The highest BCUT2D eigenvalue weighted by atomic mass is 16.5. The summed E-state index contributed by atoms with van der Waals surface area (Å²) in [6.07, 6.45) is 0. The molecule has 4 aromatic rings. The normalized spacial score (nSPS) is 10.8. The van der Waals surface area contributed by atoms with Crippen LogP contribution in [0.5, 0.6) is 17.2 Å². The van der Waals surface area contributed by atoms with Crippen LogP contribution in [0.4, 0.5) is 0 Å². The van der Waals surface area contributed by atoms with Crippen LogP contribution in [0.3, 0.4) is 0 Å². The second kappa shape index (κ2) is 10.9. The van der Waals surface area contributed by atoms with Gasteiger partial charge in [-0.1, -0.05) is 52.7 Å². The zero-order chi connectivity index (χ0) is 23.9. The number of rotatable bonds is 10. The van der Waals surface area contributed by atoms with Crippen molar-refractivity contribution in [3.8, 4) is 28.5 Å². The van der Waals surface area contributed by atoms with E-state index in [0.29, 0.717) is 23.0 Å². The molecule has 0 saturated carbocycles. The molecule has 3 aromatic carbocycles. The molecule has 6 nitrogen and oxygen atoms in total. The summed E-state index contributed by atoms with van der Waals surface area (Å²) in [5.41, 5.74) is 6.47. The molecule has 0 amide bonds. The van der Waals surface area contributed by atoms with Crippen LogP contribution in [-0.2, 0) is 19.7 Å². The van der Waals surface area contributed by atoms with Crippen LogP contribution in [0.15, 0.2) is 71.3 Å². The van der Waals surface area contributed by atoms with E-state index in [1.165, 1.54) is 22.3 Å². The van der Waals surface area contributed by atoms with Crippen molar-refractivity contribution in [1.29, 1.82) is 0 Å². The van der Waals surface area contributed by atoms with E-state index >= 15 is 0 Å². The van der Waals surface area contributed by atoms with Gasteiger partial charge in [0, 0.05) is 19.2 Å². The second-order valence-corrected chi connectivity index (χ2v) is 8.25. The molecule has 0 aliphatic carbocycles. The molecule has 0 spiro atoms. The van der Waals surface area contributed by atoms with E-state index < -0.39 is 0 Å². The molecule has 0 bridgehead atoms. The van der Waals surface area contributed by atoms with Gasteiger partial charge in [-0.25, -0.2) is 0 Å². The maximum absolute atomic E-state index is 5.89. The fraction of sp³-hybridized carbons (Fsp3) is 0.250. The monoisotopic (exact) mass is 458 g/mol. The van der Waals surface area contributed by atoms with Crippen molar-refractivity contribution in [3.05, 3.63) is 94.7 Å². The topological polar surface area (TPSA) is 65.8 Å². The Morgan fingerprint density at radius 2 is 1.44 bits per heavy atom. The predicted molar refractivity (Wildman–Crippen MR) is 132 cm³/mol. The Hall–Kier alpha value is -3.77. The number of benzene rings is 3. The first kappa shape index (κ1) is 23.4. The molecular formula is C28H30N2O4. The van der Waals surface area contributed by atoms with Gasteiger partial charge in [-0.05, 0) is 49.2 Å². The number of hydrogen-bond acceptors (Lipinski definition) is 6. The third-order valence-electron chi connectivity index (χ3n) is 5.49. The van der Waals surface area contributed by atoms with E-state index in [2.05, 4.69) is 54.7 Å². The lowest BCUT2D eigenvalue weighted by atomic mass is 10.1. The Balaban J connectivity index is 1.32. The van der Waals surface area contributed by atoms with Crippen LogP contribution in [0.1, 0.15) is 28.0 Å². The van der Waals surface area contributed by atoms with Gasteiger partial charge in [0.05, 0.1) is 19.8 Å². The highest BCUT2D eigenvalue weighted by molar-refractivity contribution is 5.74. The van der Waals surface area contributed by atoms with Gasteiger partial charge in [-0.15, -0.1) is 0 Å². The van der Waals surface area contributed by atoms with Crippen molar-refractivity contribution in [2.24, 2.45) is 0 Å². The van der Waals surface area contributed by atoms with Crippen LogP contribution >= 0.6 is 0 Å². The molecule has 0 aliphatic heterocycles. The van der Waals surface area contributed by atoms with Crippen molar-refractivity contribution < 1.29 is 18.7 Å². The summed E-state index contributed by atoms with van der Waals surface area (Å²) < 4.78 is 22.3. The number of methoxy groups -OCH3 is 2. The lowest BCUT2D eigenvalue weighted by Gasteiger charge is -2.10. The summed E-state index contributed by atoms with van der Waals surface area (Å²) in [5, 5.41) is 7.68. The molecule has 0 aliphatic rings. The molecule has 6 heteroatoms. The van der Waals surface area contributed by atoms with Crippen molar-refractivity contribution in [3.63, 3.8) is 0 Å². The van der Waals surface area contributed by atoms with E-state index in [-0.39, 0.29) is 6.61 Å². The molecule has 0 unspecified atom stereocenters. The van der Waals surface area contributed by atoms with E-state index in [1.54, 1.807) is 14.2 Å². The van der Waals surface area contributed by atoms with Crippen LogP contribution < -0.4 is 19.5 Å². The molecule has 0 radical (unpaired) electrons. The van der Waals surface area contributed by atoms with Gasteiger partial charge < -0.3 is 24.1 Å². The van der Waals surface area contributed by atoms with Gasteiger partial charge in [0.2, 0.25) is 0 Å². The fourth-order valence-electron chi connectivity index (χ4n) is 3.98. The highest BCUT2D eigenvalue weighted by Gasteiger charge is 2.17. The number of nitrogens with zero attached hydrogens (tertiary/aromatic N) is 1. The zero-order valence-corrected chi connectivity index (χ0v) is 20.1. The average molecular weight is 459 g/mol. The largest absolute Gasteiger partial charge is 0.496 e. The van der Waals surface area contributed by atoms with Gasteiger partial charge in [0.25, 0.3) is 0 Å². The molecular weight excluding hydrogens is 428 g/mol. The molecule has 34 heavy (non-hydrogen) atoms. The summed E-state index contributed by atoms with van der Waals surface area (Å²) in [6, 6.07) is 22.1. The van der Waals surface area contributed by atoms with Crippen molar-refractivity contribution in [1.82, 2.24) is 10.5 Å². The molecule has 4 rings (SSSR count). The third kappa shape index (κ3) is 5.77. The second-order valence-electron chi connectivity index (χ2n) is 8.25. The average Bonchev–Trinajstić information content (AvgIpc) is 3.31. The summed E-state index contributed by atoms with van der Waals surface area (Å²) in [6.45, 7) is 6.16. The lowest BCUT2D eigenvalue weighted by Crippen LogP contribution is -2.12. The minimum Gasteiger partial charge on any atom is -0.496 e. The van der Waals surface area contributed by atoms with E-state index in [9.17, 15) is 0 Å². The minimum absolute atomic E-state index is 0.273. The Morgan fingerprint density at radius 1 is 0.794 bits per heavy atom. The van der Waals surface area contributed by atoms with Crippen molar-refractivity contribution in [2.45, 2.75) is 33.5 Å². The summed E-state index contributed by atoms with van der Waals surface area (Å²) in [7, 11) is 3.23. The minimum atomic E-state index is 0.273. The van der Waals surface area contributed by atoms with Gasteiger partial charge in [-0.2, -0.15) is 0 Å². The first-order chi connectivity index (χ1) is 16.6. The van der Waals surface area contributed by atoms with Gasteiger partial charge >= 0.3 is 0 Å². The first-order valence-electron chi connectivity index (χ1n) is 11.2. The predicted octanol–water partition coefficient (Wildman–Crippen LogP) is 5.84. The van der Waals surface area contributed by atoms with E-state index in [4.69, 9.17) is 18.7 Å². The Labute approximate surface area is 200 Å². The standard InChI is InChI=1S/C28H30N2O4/c1-19-12-20(2)14-22(13-19)17-29-16-21-8-10-23(11-9-21)33-18-24-15-25(30-34-24)28-26(31-3)6-5-7-27(28)32-4/h5-15,29H,16-18H2,1-4H3. The first-order valence-corrected chi connectivity index (χ1v) is 11.2. The third-order valence-corrected chi connectivity index (χ3v) is 5.49. The molecule has 176 valence electrons. The lowest BCUT2D eigenvalue weighted by molar-refractivity contribution is 0.249. The van der Waals surface area contributed by atoms with Gasteiger partial charge in [0.1, 0.15) is 29.5 Å². The van der Waals surface area contributed by atoms with Crippen LogP contribution in [-0.4, -0.2) is 19.4 Å². The molecule has 1 aromatic heterocycles. The number of aryl methyl sites for hydroxylation is 2. The maximum Gasteiger partial charge on any atom is 0.174 e. The number of hydrogen-bond donors (Lipinski definition) is 1. The molecule has 0 atom stereocenters. The number of nitrogens with one attached hydrogen (secondary N) is 1. The summed E-state index contributed by atoms with van der Waals surface area (Å²) >= 11 is 0. The molecule has 1 N–H and O–H groups in total. The van der Waals surface area contributed by atoms with Crippen LogP contribution in [0, 0.1) is 13.8 Å². The molecule has 0 fully saturated rings. The SMILES string of the molecule is COc1cccc(OC)c1-c1cc(COc2ccc(CNCc3cc(C)cc(C)c3)cc2)on1. The van der Waals surface area contributed by atoms with E-state index in [1.807, 2.05) is 36.4 Å². The smallest absolute Gasteiger partial charge is 0.174 e. The number of aromatic nitrogens is 1. The Bertz CT molecular complexity index is 1190. The fourth-order valence-corrected chi connectivity index (χ4v) is 3.98. The quantitative estimate of drug-likeness (QED) is 0.322.